The molecule has 1 aromatic heterocycles. The summed E-state index contributed by atoms with van der Waals surface area (Å²) >= 11 is 0. The molecule has 0 aromatic carbocycles. The van der Waals surface area contributed by atoms with E-state index < -0.39 is 18.6 Å². The van der Waals surface area contributed by atoms with Gasteiger partial charge in [0, 0.05) is 18.8 Å². The fourth-order valence-corrected chi connectivity index (χ4v) is 1.17. The van der Waals surface area contributed by atoms with Crippen molar-refractivity contribution in [3.8, 4) is 5.75 Å². The van der Waals surface area contributed by atoms with Crippen molar-refractivity contribution in [3.05, 3.63) is 24.0 Å². The van der Waals surface area contributed by atoms with Gasteiger partial charge in [0.25, 0.3) is 0 Å². The summed E-state index contributed by atoms with van der Waals surface area (Å²) < 4.78 is 42.3. The zero-order valence-electron chi connectivity index (χ0n) is 8.08. The average Bonchev–Trinajstić information content (AvgIpc) is 2.17. The van der Waals surface area contributed by atoms with Crippen LogP contribution in [0.5, 0.6) is 5.75 Å². The Bertz CT molecular complexity index is 327. The third-order valence-electron chi connectivity index (χ3n) is 1.98. The molecule has 0 amide bonds. The topological polar surface area (TPSA) is 48.1 Å². The third kappa shape index (κ3) is 2.82. The van der Waals surface area contributed by atoms with Gasteiger partial charge in [-0.2, -0.15) is 13.2 Å². The zero-order chi connectivity index (χ0) is 11.5. The van der Waals surface area contributed by atoms with Crippen LogP contribution in [0.3, 0.4) is 0 Å². The Labute approximate surface area is 85.1 Å². The summed E-state index contributed by atoms with van der Waals surface area (Å²) in [7, 11) is 1.38. The predicted octanol–water partition coefficient (Wildman–Crippen LogP) is 1.69. The number of nitrogens with two attached hydrogens (primary N) is 1. The Kier molecular flexibility index (Phi) is 3.52. The summed E-state index contributed by atoms with van der Waals surface area (Å²) in [6.45, 7) is -0.524. The smallest absolute Gasteiger partial charge is 0.398 e. The minimum atomic E-state index is -4.38. The highest BCUT2D eigenvalue weighted by atomic mass is 19.4. The molecule has 1 unspecified atom stereocenters. The van der Waals surface area contributed by atoms with Gasteiger partial charge in [0.2, 0.25) is 0 Å². The Morgan fingerprint density at radius 2 is 2.20 bits per heavy atom. The van der Waals surface area contributed by atoms with E-state index in [-0.39, 0.29) is 5.69 Å². The van der Waals surface area contributed by atoms with E-state index in [1.165, 1.54) is 25.4 Å². The maximum absolute atomic E-state index is 12.5. The second kappa shape index (κ2) is 4.48. The van der Waals surface area contributed by atoms with Crippen molar-refractivity contribution in [1.29, 1.82) is 0 Å². The van der Waals surface area contributed by atoms with Gasteiger partial charge in [-0.05, 0) is 6.07 Å². The van der Waals surface area contributed by atoms with Crippen LogP contribution in [-0.4, -0.2) is 24.8 Å². The third-order valence-corrected chi connectivity index (χ3v) is 1.98. The van der Waals surface area contributed by atoms with E-state index in [9.17, 15) is 13.2 Å². The van der Waals surface area contributed by atoms with Crippen LogP contribution in [-0.2, 0) is 0 Å². The Hall–Kier alpha value is -1.30. The van der Waals surface area contributed by atoms with Crippen LogP contribution in [0.1, 0.15) is 11.6 Å². The van der Waals surface area contributed by atoms with Gasteiger partial charge in [0.15, 0.2) is 0 Å². The molecule has 0 radical (unpaired) electrons. The van der Waals surface area contributed by atoms with Gasteiger partial charge < -0.3 is 10.5 Å². The highest BCUT2D eigenvalue weighted by Crippen LogP contribution is 2.33. The van der Waals surface area contributed by atoms with E-state index in [0.29, 0.717) is 5.75 Å². The van der Waals surface area contributed by atoms with Gasteiger partial charge in [-0.25, -0.2) is 0 Å². The maximum atomic E-state index is 12.5. The molecule has 0 bridgehead atoms. The molecule has 0 aliphatic carbocycles. The number of hydrogen-bond acceptors (Lipinski definition) is 3. The normalized spacial score (nSPS) is 13.7. The van der Waals surface area contributed by atoms with Crippen LogP contribution in [0.4, 0.5) is 13.2 Å². The highest BCUT2D eigenvalue weighted by molar-refractivity contribution is 5.25. The molecule has 15 heavy (non-hydrogen) atoms. The number of aromatic nitrogens is 1. The molecule has 2 N–H and O–H groups in total. The fraction of sp³-hybridized carbons (Fsp3) is 0.444. The van der Waals surface area contributed by atoms with Crippen molar-refractivity contribution < 1.29 is 17.9 Å². The number of alkyl halides is 3. The molecular weight excluding hydrogens is 209 g/mol. The van der Waals surface area contributed by atoms with Crippen LogP contribution >= 0.6 is 0 Å². The van der Waals surface area contributed by atoms with Crippen LogP contribution in [0.25, 0.3) is 0 Å². The summed E-state index contributed by atoms with van der Waals surface area (Å²) in [4.78, 5) is 3.64. The molecule has 1 atom stereocenters. The molecule has 1 rings (SSSR count). The van der Waals surface area contributed by atoms with Crippen molar-refractivity contribution in [2.75, 3.05) is 13.7 Å². The number of halogens is 3. The van der Waals surface area contributed by atoms with Gasteiger partial charge in [0.1, 0.15) is 11.7 Å². The molecule has 6 heteroatoms. The number of hydrogen-bond donors (Lipinski definition) is 1. The summed E-state index contributed by atoms with van der Waals surface area (Å²) in [5.41, 5.74) is 4.96. The largest absolute Gasteiger partial charge is 0.497 e. The lowest BCUT2D eigenvalue weighted by atomic mass is 10.0. The van der Waals surface area contributed by atoms with Crippen molar-refractivity contribution in [3.63, 3.8) is 0 Å². The van der Waals surface area contributed by atoms with Gasteiger partial charge in [0.05, 0.1) is 12.8 Å². The summed E-state index contributed by atoms with van der Waals surface area (Å²) in [5, 5.41) is 0. The van der Waals surface area contributed by atoms with E-state index in [1.54, 1.807) is 0 Å². The van der Waals surface area contributed by atoms with Crippen molar-refractivity contribution in [2.24, 2.45) is 5.73 Å². The minimum Gasteiger partial charge on any atom is -0.497 e. The molecular formula is C9H11F3N2O. The monoisotopic (exact) mass is 220 g/mol. The SMILES string of the molecule is COc1ccnc(C(CN)C(F)(F)F)c1. The molecule has 0 aliphatic rings. The number of nitrogens with zero attached hydrogens (tertiary/aromatic N) is 1. The lowest BCUT2D eigenvalue weighted by molar-refractivity contribution is -0.148. The Morgan fingerprint density at radius 3 is 2.67 bits per heavy atom. The average molecular weight is 220 g/mol. The molecule has 84 valence electrons. The zero-order valence-corrected chi connectivity index (χ0v) is 8.08. The second-order valence-corrected chi connectivity index (χ2v) is 2.95. The first-order chi connectivity index (χ1) is 6.99. The van der Waals surface area contributed by atoms with Crippen LogP contribution in [0.2, 0.25) is 0 Å². The van der Waals surface area contributed by atoms with Gasteiger partial charge >= 0.3 is 6.18 Å². The Balaban J connectivity index is 3.02. The Morgan fingerprint density at radius 1 is 1.53 bits per heavy atom. The first-order valence-corrected chi connectivity index (χ1v) is 4.25. The molecule has 0 saturated carbocycles. The predicted molar refractivity (Wildman–Crippen MR) is 48.6 cm³/mol. The van der Waals surface area contributed by atoms with E-state index >= 15 is 0 Å². The number of ether oxygens (including phenoxy) is 1. The van der Waals surface area contributed by atoms with Gasteiger partial charge in [-0.1, -0.05) is 0 Å². The van der Waals surface area contributed by atoms with E-state index in [2.05, 4.69) is 4.98 Å². The van der Waals surface area contributed by atoms with E-state index in [1.807, 2.05) is 0 Å². The van der Waals surface area contributed by atoms with Crippen LogP contribution in [0, 0.1) is 0 Å². The molecule has 0 spiro atoms. The molecule has 0 fully saturated rings. The standard InChI is InChI=1S/C9H11F3N2O/c1-15-6-2-3-14-8(4-6)7(5-13)9(10,11)12/h2-4,7H,5,13H2,1H3. The van der Waals surface area contributed by atoms with Crippen molar-refractivity contribution in [2.45, 2.75) is 12.1 Å². The highest BCUT2D eigenvalue weighted by Gasteiger charge is 2.40. The minimum absolute atomic E-state index is 0.121. The quantitative estimate of drug-likeness (QED) is 0.843. The molecule has 3 nitrogen and oxygen atoms in total. The number of pyridine rings is 1. The van der Waals surface area contributed by atoms with Crippen LogP contribution < -0.4 is 10.5 Å². The molecule has 1 heterocycles. The van der Waals surface area contributed by atoms with E-state index in [4.69, 9.17) is 10.5 Å². The maximum Gasteiger partial charge on any atom is 0.398 e. The first-order valence-electron chi connectivity index (χ1n) is 4.25. The fourth-order valence-electron chi connectivity index (χ4n) is 1.17. The van der Waals surface area contributed by atoms with Crippen molar-refractivity contribution in [1.82, 2.24) is 4.98 Å². The lowest BCUT2D eigenvalue weighted by Crippen LogP contribution is -2.28. The first kappa shape index (κ1) is 11.8. The van der Waals surface area contributed by atoms with Gasteiger partial charge in [-0.3, -0.25) is 4.98 Å². The summed E-state index contributed by atoms with van der Waals surface area (Å²) in [6, 6.07) is 2.72. The number of rotatable bonds is 3. The molecule has 0 saturated heterocycles. The second-order valence-electron chi connectivity index (χ2n) is 2.95. The lowest BCUT2D eigenvalue weighted by Gasteiger charge is -2.18. The molecule has 1 aromatic rings. The van der Waals surface area contributed by atoms with Crippen LogP contribution in [0.15, 0.2) is 18.3 Å². The van der Waals surface area contributed by atoms with E-state index in [0.717, 1.165) is 0 Å². The van der Waals surface area contributed by atoms with Gasteiger partial charge in [-0.15, -0.1) is 0 Å². The summed E-state index contributed by atoms with van der Waals surface area (Å²) in [5.74, 6) is -1.41. The summed E-state index contributed by atoms with van der Waals surface area (Å²) in [6.07, 6.45) is -3.11. The van der Waals surface area contributed by atoms with Crippen molar-refractivity contribution >= 4 is 0 Å². The molecule has 0 aliphatic heterocycles. The number of methoxy groups -OCH3 is 1.